The smallest absolute Gasteiger partial charge is 0.276 e. The fourth-order valence-corrected chi connectivity index (χ4v) is 5.82. The van der Waals surface area contributed by atoms with E-state index in [2.05, 4.69) is 20.6 Å². The van der Waals surface area contributed by atoms with Crippen molar-refractivity contribution in [3.8, 4) is 0 Å². The summed E-state index contributed by atoms with van der Waals surface area (Å²) in [6, 6.07) is 0. The quantitative estimate of drug-likeness (QED) is 0.645. The fourth-order valence-electron chi connectivity index (χ4n) is 3.20. The van der Waals surface area contributed by atoms with Gasteiger partial charge in [-0.3, -0.25) is 9.59 Å². The van der Waals surface area contributed by atoms with E-state index in [1.165, 1.54) is 18.4 Å². The van der Waals surface area contributed by atoms with Crippen molar-refractivity contribution in [1.29, 1.82) is 0 Å². The number of amides is 2. The molecule has 8 nitrogen and oxygen atoms in total. The van der Waals surface area contributed by atoms with E-state index in [0.29, 0.717) is 17.0 Å². The van der Waals surface area contributed by atoms with Crippen LogP contribution in [0.4, 0.5) is 5.00 Å². The number of aryl methyl sites for hydroxylation is 1. The van der Waals surface area contributed by atoms with Crippen LogP contribution in [0.15, 0.2) is 11.4 Å². The molecule has 0 spiro atoms. The average Bonchev–Trinajstić information content (AvgIpc) is 3.05. The Morgan fingerprint density at radius 1 is 1.24 bits per heavy atom. The predicted molar refractivity (Wildman–Crippen MR) is 112 cm³/mol. The second-order valence-corrected chi connectivity index (χ2v) is 10.1. The highest BCUT2D eigenvalue weighted by molar-refractivity contribution is 7.91. The summed E-state index contributed by atoms with van der Waals surface area (Å²) in [7, 11) is -2.17. The molecule has 2 aromatic rings. The molecule has 0 bridgehead atoms. The number of rotatable bonds is 6. The van der Waals surface area contributed by atoms with Crippen molar-refractivity contribution in [1.82, 2.24) is 15.3 Å². The lowest BCUT2D eigenvalue weighted by Gasteiger charge is -2.12. The Morgan fingerprint density at radius 2 is 1.97 bits per heavy atom. The molecule has 0 saturated heterocycles. The standard InChI is InChI=1S/C18H21ClN4O4S2/c1-3-8-29(26,27)18-21-9-11(19)14(22-18)16(25)23-17-13(15(24)20-2)10-6-4-5-7-12(10)28-17/h9H,3-8H2,1-2H3,(H,20,24)(H,23,25). The maximum Gasteiger partial charge on any atom is 0.276 e. The zero-order valence-electron chi connectivity index (χ0n) is 16.0. The fraction of sp³-hybridized carbons (Fsp3) is 0.444. The lowest BCUT2D eigenvalue weighted by Crippen LogP contribution is -2.23. The SMILES string of the molecule is CCCS(=O)(=O)c1ncc(Cl)c(C(=O)Nc2sc3c(c2C(=O)NC)CCCC3)n1. The first kappa shape index (κ1) is 21.7. The molecule has 3 rings (SSSR count). The van der Waals surface area contributed by atoms with E-state index in [9.17, 15) is 18.0 Å². The number of fused-ring (bicyclic) bond motifs is 1. The van der Waals surface area contributed by atoms with Crippen molar-refractivity contribution in [3.05, 3.63) is 32.9 Å². The molecule has 2 aromatic heterocycles. The van der Waals surface area contributed by atoms with E-state index in [1.54, 1.807) is 6.92 Å². The zero-order chi connectivity index (χ0) is 21.2. The summed E-state index contributed by atoms with van der Waals surface area (Å²) in [5.41, 5.74) is 1.16. The van der Waals surface area contributed by atoms with Crippen LogP contribution < -0.4 is 10.6 Å². The van der Waals surface area contributed by atoms with Crippen LogP contribution in [0, 0.1) is 0 Å². The molecule has 0 atom stereocenters. The minimum Gasteiger partial charge on any atom is -0.355 e. The average molecular weight is 457 g/mol. The van der Waals surface area contributed by atoms with Crippen LogP contribution in [0.2, 0.25) is 5.02 Å². The van der Waals surface area contributed by atoms with E-state index >= 15 is 0 Å². The molecule has 0 fully saturated rings. The first-order chi connectivity index (χ1) is 13.8. The molecule has 29 heavy (non-hydrogen) atoms. The Hall–Kier alpha value is -2.04. The number of thiophene rings is 1. The van der Waals surface area contributed by atoms with Crippen molar-refractivity contribution in [2.75, 3.05) is 18.1 Å². The van der Waals surface area contributed by atoms with Crippen molar-refractivity contribution in [2.24, 2.45) is 0 Å². The Balaban J connectivity index is 1.97. The number of hydrogen-bond donors (Lipinski definition) is 2. The monoisotopic (exact) mass is 456 g/mol. The number of sulfone groups is 1. The first-order valence-electron chi connectivity index (χ1n) is 9.21. The second-order valence-electron chi connectivity index (χ2n) is 6.62. The third-order valence-corrected chi connectivity index (χ3v) is 7.72. The number of aromatic nitrogens is 2. The normalized spacial score (nSPS) is 13.6. The number of carbonyl (C=O) groups excluding carboxylic acids is 2. The van der Waals surface area contributed by atoms with Gasteiger partial charge in [0.1, 0.15) is 5.00 Å². The predicted octanol–water partition coefficient (Wildman–Crippen LogP) is 2.87. The first-order valence-corrected chi connectivity index (χ1v) is 12.1. The van der Waals surface area contributed by atoms with Crippen LogP contribution in [-0.4, -0.2) is 43.0 Å². The van der Waals surface area contributed by atoms with E-state index < -0.39 is 20.9 Å². The molecule has 0 unspecified atom stereocenters. The van der Waals surface area contributed by atoms with Crippen LogP contribution in [-0.2, 0) is 22.7 Å². The number of halogens is 1. The van der Waals surface area contributed by atoms with Crippen molar-refractivity contribution < 1.29 is 18.0 Å². The number of carbonyl (C=O) groups is 2. The van der Waals surface area contributed by atoms with Crippen LogP contribution in [0.25, 0.3) is 0 Å². The molecule has 1 aliphatic carbocycles. The lowest BCUT2D eigenvalue weighted by molar-refractivity contribution is 0.0963. The Bertz CT molecular complexity index is 1070. The summed E-state index contributed by atoms with van der Waals surface area (Å²) in [5, 5.41) is 5.21. The van der Waals surface area contributed by atoms with Gasteiger partial charge in [0.2, 0.25) is 15.0 Å². The van der Waals surface area contributed by atoms with Gasteiger partial charge in [-0.1, -0.05) is 18.5 Å². The van der Waals surface area contributed by atoms with Crippen LogP contribution in [0.5, 0.6) is 0 Å². The minimum absolute atomic E-state index is 0.0687. The van der Waals surface area contributed by atoms with E-state index in [-0.39, 0.29) is 22.4 Å². The minimum atomic E-state index is -3.71. The van der Waals surface area contributed by atoms with Gasteiger partial charge in [-0.25, -0.2) is 18.4 Å². The number of nitrogens with one attached hydrogen (secondary N) is 2. The summed E-state index contributed by atoms with van der Waals surface area (Å²) in [5.74, 6) is -1.09. The summed E-state index contributed by atoms with van der Waals surface area (Å²) in [6.07, 6.45) is 5.14. The topological polar surface area (TPSA) is 118 Å². The molecule has 0 aliphatic heterocycles. The molecule has 0 radical (unpaired) electrons. The largest absolute Gasteiger partial charge is 0.355 e. The molecule has 2 heterocycles. The summed E-state index contributed by atoms with van der Waals surface area (Å²) in [4.78, 5) is 34.0. The van der Waals surface area contributed by atoms with Gasteiger partial charge in [0.25, 0.3) is 11.8 Å². The van der Waals surface area contributed by atoms with Gasteiger partial charge in [-0.15, -0.1) is 11.3 Å². The van der Waals surface area contributed by atoms with Gasteiger partial charge >= 0.3 is 0 Å². The molecule has 0 aromatic carbocycles. The van der Waals surface area contributed by atoms with Gasteiger partial charge in [-0.05, 0) is 37.7 Å². The maximum atomic E-state index is 12.8. The maximum absolute atomic E-state index is 12.8. The van der Waals surface area contributed by atoms with E-state index in [4.69, 9.17) is 11.6 Å². The van der Waals surface area contributed by atoms with Gasteiger partial charge in [0, 0.05) is 11.9 Å². The van der Waals surface area contributed by atoms with Crippen molar-refractivity contribution in [3.63, 3.8) is 0 Å². The van der Waals surface area contributed by atoms with Gasteiger partial charge < -0.3 is 10.6 Å². The molecule has 156 valence electrons. The van der Waals surface area contributed by atoms with Gasteiger partial charge in [0.05, 0.1) is 22.5 Å². The summed E-state index contributed by atoms with van der Waals surface area (Å²) >= 11 is 7.41. The number of anilines is 1. The second kappa shape index (κ2) is 8.76. The molecular weight excluding hydrogens is 436 g/mol. The number of nitrogens with zero attached hydrogens (tertiary/aromatic N) is 2. The molecular formula is C18H21ClN4O4S2. The molecule has 2 N–H and O–H groups in total. The molecule has 0 saturated carbocycles. The van der Waals surface area contributed by atoms with Crippen LogP contribution >= 0.6 is 22.9 Å². The van der Waals surface area contributed by atoms with Gasteiger partial charge in [0.15, 0.2) is 5.69 Å². The van der Waals surface area contributed by atoms with E-state index in [0.717, 1.165) is 42.3 Å². The Labute approximate surface area is 178 Å². The Morgan fingerprint density at radius 3 is 2.66 bits per heavy atom. The highest BCUT2D eigenvalue weighted by Crippen LogP contribution is 2.38. The highest BCUT2D eigenvalue weighted by atomic mass is 35.5. The summed E-state index contributed by atoms with van der Waals surface area (Å²) < 4.78 is 24.5. The van der Waals surface area contributed by atoms with E-state index in [1.807, 2.05) is 0 Å². The van der Waals surface area contributed by atoms with Crippen LogP contribution in [0.3, 0.4) is 0 Å². The van der Waals surface area contributed by atoms with Gasteiger partial charge in [-0.2, -0.15) is 0 Å². The third-order valence-electron chi connectivity index (χ3n) is 4.54. The molecule has 1 aliphatic rings. The number of hydrogen-bond acceptors (Lipinski definition) is 7. The third kappa shape index (κ3) is 4.44. The molecule has 2 amide bonds. The highest BCUT2D eigenvalue weighted by Gasteiger charge is 2.27. The van der Waals surface area contributed by atoms with Crippen LogP contribution in [0.1, 0.15) is 57.5 Å². The summed E-state index contributed by atoms with van der Waals surface area (Å²) in [6.45, 7) is 1.72. The molecule has 11 heteroatoms. The van der Waals surface area contributed by atoms with Crippen molar-refractivity contribution >= 4 is 49.6 Å². The zero-order valence-corrected chi connectivity index (χ0v) is 18.4. The Kier molecular flexibility index (Phi) is 6.55. The van der Waals surface area contributed by atoms with Crippen molar-refractivity contribution in [2.45, 2.75) is 44.2 Å². The lowest BCUT2D eigenvalue weighted by atomic mass is 9.95.